The SMILES string of the molecule is COc1ccc(OC)c(C(=O)N[C@H](C)C(=O)N2CCN(CCCOc3ccc(C(=O)C4CC4)cc3)CC2)c1. The molecule has 2 fully saturated rings. The first-order valence-electron chi connectivity index (χ1n) is 13.2. The van der Waals surface area contributed by atoms with Gasteiger partial charge in [0.25, 0.3) is 5.91 Å². The molecule has 0 unspecified atom stereocenters. The Labute approximate surface area is 224 Å². The van der Waals surface area contributed by atoms with Crippen molar-refractivity contribution in [2.45, 2.75) is 32.2 Å². The zero-order valence-corrected chi connectivity index (χ0v) is 22.4. The van der Waals surface area contributed by atoms with Crippen LogP contribution in [0.5, 0.6) is 17.2 Å². The third-order valence-corrected chi connectivity index (χ3v) is 7.03. The molecule has 0 aromatic heterocycles. The summed E-state index contributed by atoms with van der Waals surface area (Å²) in [5, 5.41) is 2.79. The topological polar surface area (TPSA) is 97.4 Å². The number of methoxy groups -OCH3 is 2. The number of ketones is 1. The lowest BCUT2D eigenvalue weighted by molar-refractivity contribution is -0.134. The number of benzene rings is 2. The Morgan fingerprint density at radius 2 is 1.63 bits per heavy atom. The van der Waals surface area contributed by atoms with Gasteiger partial charge in [-0.05, 0) is 68.7 Å². The Bertz CT molecular complexity index is 1120. The summed E-state index contributed by atoms with van der Waals surface area (Å²) < 4.78 is 16.3. The zero-order chi connectivity index (χ0) is 27.1. The van der Waals surface area contributed by atoms with Gasteiger partial charge in [0, 0.05) is 44.2 Å². The van der Waals surface area contributed by atoms with Crippen LogP contribution in [0.2, 0.25) is 0 Å². The van der Waals surface area contributed by atoms with Gasteiger partial charge in [0.05, 0.1) is 26.4 Å². The highest BCUT2D eigenvalue weighted by Gasteiger charge is 2.30. The van der Waals surface area contributed by atoms with Crippen LogP contribution in [-0.2, 0) is 4.79 Å². The molecule has 4 rings (SSSR count). The quantitative estimate of drug-likeness (QED) is 0.337. The molecule has 2 aromatic rings. The van der Waals surface area contributed by atoms with Gasteiger partial charge in [0.15, 0.2) is 5.78 Å². The maximum atomic E-state index is 13.0. The summed E-state index contributed by atoms with van der Waals surface area (Å²) in [6.07, 6.45) is 2.88. The van der Waals surface area contributed by atoms with Crippen molar-refractivity contribution in [3.63, 3.8) is 0 Å². The van der Waals surface area contributed by atoms with Crippen LogP contribution in [0.1, 0.15) is 46.9 Å². The molecule has 1 saturated heterocycles. The summed E-state index contributed by atoms with van der Waals surface area (Å²) in [6, 6.07) is 11.7. The molecule has 38 heavy (non-hydrogen) atoms. The van der Waals surface area contributed by atoms with Crippen LogP contribution in [0.25, 0.3) is 0 Å². The van der Waals surface area contributed by atoms with Crippen LogP contribution in [0.3, 0.4) is 0 Å². The fourth-order valence-corrected chi connectivity index (χ4v) is 4.57. The van der Waals surface area contributed by atoms with Crippen LogP contribution in [0, 0.1) is 5.92 Å². The lowest BCUT2D eigenvalue weighted by atomic mass is 10.1. The minimum Gasteiger partial charge on any atom is -0.497 e. The van der Waals surface area contributed by atoms with E-state index in [-0.39, 0.29) is 23.5 Å². The molecule has 1 aliphatic heterocycles. The van der Waals surface area contributed by atoms with Gasteiger partial charge < -0.3 is 24.4 Å². The molecule has 204 valence electrons. The molecule has 0 bridgehead atoms. The third-order valence-electron chi connectivity index (χ3n) is 7.03. The lowest BCUT2D eigenvalue weighted by Gasteiger charge is -2.36. The van der Waals surface area contributed by atoms with E-state index in [0.717, 1.165) is 50.2 Å². The molecule has 1 N–H and O–H groups in total. The molecular formula is C29H37N3O6. The molecule has 1 saturated carbocycles. The van der Waals surface area contributed by atoms with Gasteiger partial charge in [-0.25, -0.2) is 0 Å². The molecule has 1 heterocycles. The second kappa shape index (κ2) is 12.8. The fraction of sp³-hybridized carbons (Fsp3) is 0.483. The predicted octanol–water partition coefficient (Wildman–Crippen LogP) is 3.03. The average molecular weight is 524 g/mol. The van der Waals surface area contributed by atoms with E-state index in [1.807, 2.05) is 24.3 Å². The van der Waals surface area contributed by atoms with E-state index < -0.39 is 6.04 Å². The van der Waals surface area contributed by atoms with Crippen LogP contribution in [0.4, 0.5) is 0 Å². The van der Waals surface area contributed by atoms with Crippen molar-refractivity contribution < 1.29 is 28.6 Å². The lowest BCUT2D eigenvalue weighted by Crippen LogP contribution is -2.54. The first-order valence-corrected chi connectivity index (χ1v) is 13.2. The monoisotopic (exact) mass is 523 g/mol. The number of ether oxygens (including phenoxy) is 3. The highest BCUT2D eigenvalue weighted by molar-refractivity contribution is 6.00. The van der Waals surface area contributed by atoms with Crippen LogP contribution in [0.15, 0.2) is 42.5 Å². The summed E-state index contributed by atoms with van der Waals surface area (Å²) in [5.41, 5.74) is 1.09. The number of rotatable bonds is 12. The summed E-state index contributed by atoms with van der Waals surface area (Å²) in [7, 11) is 3.02. The maximum Gasteiger partial charge on any atom is 0.255 e. The summed E-state index contributed by atoms with van der Waals surface area (Å²) in [4.78, 5) is 42.0. The molecule has 9 heteroatoms. The number of amides is 2. The maximum absolute atomic E-state index is 13.0. The van der Waals surface area contributed by atoms with Gasteiger partial charge in [0.1, 0.15) is 23.3 Å². The highest BCUT2D eigenvalue weighted by Crippen LogP contribution is 2.33. The minimum atomic E-state index is -0.663. The second-order valence-electron chi connectivity index (χ2n) is 9.79. The number of hydrogen-bond acceptors (Lipinski definition) is 7. The molecule has 0 spiro atoms. The van der Waals surface area contributed by atoms with Gasteiger partial charge in [0.2, 0.25) is 5.91 Å². The second-order valence-corrected chi connectivity index (χ2v) is 9.79. The predicted molar refractivity (Wildman–Crippen MR) is 143 cm³/mol. The number of nitrogens with one attached hydrogen (secondary N) is 1. The van der Waals surface area contributed by atoms with Crippen molar-refractivity contribution >= 4 is 17.6 Å². The van der Waals surface area contributed by atoms with Gasteiger partial charge in [-0.3, -0.25) is 19.3 Å². The first-order chi connectivity index (χ1) is 18.4. The summed E-state index contributed by atoms with van der Waals surface area (Å²) in [5.74, 6) is 1.70. The van der Waals surface area contributed by atoms with E-state index in [1.54, 1.807) is 30.0 Å². The number of hydrogen-bond donors (Lipinski definition) is 1. The highest BCUT2D eigenvalue weighted by atomic mass is 16.5. The molecule has 2 aromatic carbocycles. The van der Waals surface area contributed by atoms with E-state index in [4.69, 9.17) is 14.2 Å². The summed E-state index contributed by atoms with van der Waals surface area (Å²) in [6.45, 7) is 5.93. The molecule has 2 amide bonds. The third kappa shape index (κ3) is 7.04. The Kier molecular flexibility index (Phi) is 9.23. The van der Waals surface area contributed by atoms with E-state index >= 15 is 0 Å². The normalized spacial score (nSPS) is 16.4. The van der Waals surface area contributed by atoms with Crippen molar-refractivity contribution in [3.05, 3.63) is 53.6 Å². The van der Waals surface area contributed by atoms with Crippen LogP contribution >= 0.6 is 0 Å². The Hall–Kier alpha value is -3.59. The number of Topliss-reactive ketones (excluding diaryl/α,β-unsaturated/α-hetero) is 1. The number of piperazine rings is 1. The molecule has 0 radical (unpaired) electrons. The van der Waals surface area contributed by atoms with Gasteiger partial charge >= 0.3 is 0 Å². The molecule has 1 aliphatic carbocycles. The van der Waals surface area contributed by atoms with Gasteiger partial charge in [-0.15, -0.1) is 0 Å². The smallest absolute Gasteiger partial charge is 0.255 e. The van der Waals surface area contributed by atoms with E-state index in [1.165, 1.54) is 14.2 Å². The largest absolute Gasteiger partial charge is 0.497 e. The van der Waals surface area contributed by atoms with Crippen molar-refractivity contribution in [1.82, 2.24) is 15.1 Å². The molecule has 2 aliphatic rings. The Morgan fingerprint density at radius 1 is 0.947 bits per heavy atom. The van der Waals surface area contributed by atoms with Gasteiger partial charge in [-0.2, -0.15) is 0 Å². The minimum absolute atomic E-state index is 0.105. The Morgan fingerprint density at radius 3 is 2.26 bits per heavy atom. The molecule has 9 nitrogen and oxygen atoms in total. The van der Waals surface area contributed by atoms with Gasteiger partial charge in [-0.1, -0.05) is 0 Å². The van der Waals surface area contributed by atoms with Crippen LogP contribution in [-0.4, -0.2) is 87.0 Å². The number of carbonyl (C=O) groups is 3. The zero-order valence-electron chi connectivity index (χ0n) is 22.4. The van der Waals surface area contributed by atoms with Crippen molar-refractivity contribution in [3.8, 4) is 17.2 Å². The standard InChI is InChI=1S/C29H37N3O6/c1-20(30-28(34)25-19-24(36-2)11-12-26(25)37-3)29(35)32-16-14-31(15-17-32)13-4-18-38-23-9-7-22(8-10-23)27(33)21-5-6-21/h7-12,19-21H,4-6,13-18H2,1-3H3,(H,30,34)/t20-/m1/s1. The van der Waals surface area contributed by atoms with Crippen molar-refractivity contribution in [2.75, 3.05) is 53.6 Å². The van der Waals surface area contributed by atoms with Crippen molar-refractivity contribution in [1.29, 1.82) is 0 Å². The number of nitrogens with zero attached hydrogens (tertiary/aromatic N) is 2. The Balaban J connectivity index is 1.16. The van der Waals surface area contributed by atoms with E-state index in [2.05, 4.69) is 10.2 Å². The van der Waals surface area contributed by atoms with E-state index in [9.17, 15) is 14.4 Å². The fourth-order valence-electron chi connectivity index (χ4n) is 4.57. The number of carbonyl (C=O) groups excluding carboxylic acids is 3. The summed E-state index contributed by atoms with van der Waals surface area (Å²) >= 11 is 0. The van der Waals surface area contributed by atoms with Crippen LogP contribution < -0.4 is 19.5 Å². The first kappa shape index (κ1) is 27.4. The van der Waals surface area contributed by atoms with Crippen molar-refractivity contribution in [2.24, 2.45) is 5.92 Å². The molecule has 1 atom stereocenters. The average Bonchev–Trinajstić information content (AvgIpc) is 3.80. The van der Waals surface area contributed by atoms with E-state index in [0.29, 0.717) is 36.8 Å². The molecular weight excluding hydrogens is 486 g/mol.